The second-order valence-corrected chi connectivity index (χ2v) is 9.81. The number of methoxy groups -OCH3 is 1. The fourth-order valence-corrected chi connectivity index (χ4v) is 4.74. The van der Waals surface area contributed by atoms with Crippen LogP contribution in [0.4, 0.5) is 11.4 Å². The fraction of sp³-hybridized carbons (Fsp3) is 0.179. The summed E-state index contributed by atoms with van der Waals surface area (Å²) in [6.07, 6.45) is 0. The zero-order valence-corrected chi connectivity index (χ0v) is 21.8. The largest absolute Gasteiger partial charge is 0.497 e. The molecule has 37 heavy (non-hydrogen) atoms. The number of benzene rings is 3. The fourth-order valence-electron chi connectivity index (χ4n) is 3.81. The van der Waals surface area contributed by atoms with Gasteiger partial charge < -0.3 is 15.4 Å². The second kappa shape index (κ2) is 11.2. The molecule has 1 heterocycles. The molecule has 4 rings (SSSR count). The summed E-state index contributed by atoms with van der Waals surface area (Å²) in [5, 5.41) is 5.20. The van der Waals surface area contributed by atoms with Crippen molar-refractivity contribution in [1.82, 2.24) is 9.36 Å². The van der Waals surface area contributed by atoms with Gasteiger partial charge in [0.1, 0.15) is 11.4 Å². The number of para-hydroxylation sites is 1. The van der Waals surface area contributed by atoms with Crippen LogP contribution in [0.5, 0.6) is 5.75 Å². The van der Waals surface area contributed by atoms with Gasteiger partial charge in [-0.2, -0.15) is 0 Å². The third-order valence-corrected chi connectivity index (χ3v) is 7.00. The van der Waals surface area contributed by atoms with Gasteiger partial charge in [-0.15, -0.1) is 11.8 Å². The molecule has 0 aliphatic rings. The molecule has 0 spiro atoms. The molecule has 0 bridgehead atoms. The van der Waals surface area contributed by atoms with Crippen LogP contribution in [0.2, 0.25) is 0 Å². The first-order valence-electron chi connectivity index (χ1n) is 11.7. The maximum absolute atomic E-state index is 13.1. The van der Waals surface area contributed by atoms with Gasteiger partial charge >= 0.3 is 0 Å². The predicted octanol–water partition coefficient (Wildman–Crippen LogP) is 4.86. The molecule has 2 N–H and O–H groups in total. The van der Waals surface area contributed by atoms with Gasteiger partial charge in [0.2, 0.25) is 5.91 Å². The van der Waals surface area contributed by atoms with E-state index in [1.165, 1.54) is 16.4 Å². The lowest BCUT2D eigenvalue weighted by molar-refractivity contribution is -0.115. The van der Waals surface area contributed by atoms with Gasteiger partial charge in [0, 0.05) is 23.2 Å². The molecule has 0 radical (unpaired) electrons. The van der Waals surface area contributed by atoms with Crippen molar-refractivity contribution in [1.29, 1.82) is 0 Å². The van der Waals surface area contributed by atoms with Gasteiger partial charge in [-0.1, -0.05) is 30.3 Å². The Bertz CT molecular complexity index is 1490. The van der Waals surface area contributed by atoms with E-state index in [1.807, 2.05) is 48.5 Å². The Balaban J connectivity index is 1.45. The van der Waals surface area contributed by atoms with Gasteiger partial charge in [-0.25, -0.2) is 4.68 Å². The highest BCUT2D eigenvalue weighted by molar-refractivity contribution is 8.00. The van der Waals surface area contributed by atoms with E-state index in [0.717, 1.165) is 4.90 Å². The molecule has 0 aliphatic heterocycles. The number of carbonyl (C=O) groups excluding carboxylic acids is 2. The molecule has 0 saturated carbocycles. The van der Waals surface area contributed by atoms with Crippen LogP contribution in [-0.4, -0.2) is 33.5 Å². The van der Waals surface area contributed by atoms with Gasteiger partial charge in [0.15, 0.2) is 0 Å². The highest BCUT2D eigenvalue weighted by atomic mass is 32.2. The molecule has 1 unspecified atom stereocenters. The quantitative estimate of drug-likeness (QED) is 0.326. The Morgan fingerprint density at radius 1 is 0.946 bits per heavy atom. The Kier molecular flexibility index (Phi) is 7.83. The minimum Gasteiger partial charge on any atom is -0.497 e. The SMILES string of the molecule is COc1cccc(C(=O)Nc2cccc(SC(C)C(=O)Nc3c(C)n(C)n(-c4ccccc4)c3=O)c2)c1. The summed E-state index contributed by atoms with van der Waals surface area (Å²) >= 11 is 1.33. The minimum absolute atomic E-state index is 0.253. The summed E-state index contributed by atoms with van der Waals surface area (Å²) in [6.45, 7) is 3.57. The van der Waals surface area contributed by atoms with Crippen LogP contribution < -0.4 is 20.9 Å². The van der Waals surface area contributed by atoms with Crippen molar-refractivity contribution in [2.24, 2.45) is 7.05 Å². The molecule has 0 fully saturated rings. The smallest absolute Gasteiger partial charge is 0.295 e. The molecule has 190 valence electrons. The highest BCUT2D eigenvalue weighted by Crippen LogP contribution is 2.27. The molecule has 2 amide bonds. The molecular weight excluding hydrogens is 488 g/mol. The summed E-state index contributed by atoms with van der Waals surface area (Å²) in [7, 11) is 3.33. The van der Waals surface area contributed by atoms with E-state index in [0.29, 0.717) is 28.4 Å². The first-order chi connectivity index (χ1) is 17.8. The molecule has 8 nitrogen and oxygen atoms in total. The lowest BCUT2D eigenvalue weighted by Gasteiger charge is -2.13. The summed E-state index contributed by atoms with van der Waals surface area (Å²) in [4.78, 5) is 39.6. The molecule has 0 aliphatic carbocycles. The average Bonchev–Trinajstić information content (AvgIpc) is 3.12. The average molecular weight is 517 g/mol. The molecular formula is C28H28N4O4S. The van der Waals surface area contributed by atoms with E-state index in [4.69, 9.17) is 4.74 Å². The third-order valence-electron chi connectivity index (χ3n) is 5.91. The summed E-state index contributed by atoms with van der Waals surface area (Å²) < 4.78 is 8.43. The number of rotatable bonds is 8. The summed E-state index contributed by atoms with van der Waals surface area (Å²) in [5.74, 6) is 0.0453. The van der Waals surface area contributed by atoms with Gasteiger partial charge in [0.25, 0.3) is 11.5 Å². The van der Waals surface area contributed by atoms with E-state index >= 15 is 0 Å². The number of carbonyl (C=O) groups is 2. The first-order valence-corrected chi connectivity index (χ1v) is 12.5. The predicted molar refractivity (Wildman–Crippen MR) is 147 cm³/mol. The van der Waals surface area contributed by atoms with Crippen molar-refractivity contribution < 1.29 is 14.3 Å². The number of thioether (sulfide) groups is 1. The van der Waals surface area contributed by atoms with E-state index in [1.54, 1.807) is 63.0 Å². The van der Waals surface area contributed by atoms with E-state index in [9.17, 15) is 14.4 Å². The Labute approximate surface area is 219 Å². The number of hydrogen-bond acceptors (Lipinski definition) is 5. The Morgan fingerprint density at radius 3 is 2.41 bits per heavy atom. The normalized spacial score (nSPS) is 11.6. The van der Waals surface area contributed by atoms with E-state index < -0.39 is 5.25 Å². The first kappa shape index (κ1) is 25.8. The molecule has 1 aromatic heterocycles. The van der Waals surface area contributed by atoms with Crippen LogP contribution in [0, 0.1) is 6.92 Å². The molecule has 4 aromatic rings. The summed E-state index contributed by atoms with van der Waals surface area (Å²) in [6, 6.07) is 23.4. The summed E-state index contributed by atoms with van der Waals surface area (Å²) in [5.41, 5.74) is 2.41. The molecule has 3 aromatic carbocycles. The number of ether oxygens (including phenoxy) is 1. The maximum Gasteiger partial charge on any atom is 0.295 e. The topological polar surface area (TPSA) is 94.4 Å². The number of amides is 2. The number of anilines is 2. The third kappa shape index (κ3) is 5.78. The zero-order chi connectivity index (χ0) is 26.5. The van der Waals surface area contributed by atoms with E-state index in [-0.39, 0.29) is 23.1 Å². The van der Waals surface area contributed by atoms with Crippen molar-refractivity contribution in [3.8, 4) is 11.4 Å². The number of hydrogen-bond donors (Lipinski definition) is 2. The Morgan fingerprint density at radius 2 is 1.68 bits per heavy atom. The number of nitrogens with zero attached hydrogens (tertiary/aromatic N) is 2. The van der Waals surface area contributed by atoms with E-state index in [2.05, 4.69) is 10.6 Å². The zero-order valence-electron chi connectivity index (χ0n) is 21.0. The van der Waals surface area contributed by atoms with Crippen molar-refractivity contribution >= 4 is 35.0 Å². The monoisotopic (exact) mass is 516 g/mol. The van der Waals surface area contributed by atoms with Crippen molar-refractivity contribution in [3.05, 3.63) is 100 Å². The van der Waals surface area contributed by atoms with Crippen molar-refractivity contribution in [3.63, 3.8) is 0 Å². The minimum atomic E-state index is -0.492. The van der Waals surface area contributed by atoms with Crippen LogP contribution in [0.1, 0.15) is 23.0 Å². The van der Waals surface area contributed by atoms with Crippen LogP contribution in [0.25, 0.3) is 5.69 Å². The molecule has 9 heteroatoms. The van der Waals surface area contributed by atoms with Crippen LogP contribution in [-0.2, 0) is 11.8 Å². The second-order valence-electron chi connectivity index (χ2n) is 8.40. The maximum atomic E-state index is 13.1. The van der Waals surface area contributed by atoms with Gasteiger partial charge in [0.05, 0.1) is 23.7 Å². The molecule has 1 atom stereocenters. The Hall–Kier alpha value is -4.24. The van der Waals surface area contributed by atoms with Crippen LogP contribution in [0.15, 0.2) is 88.6 Å². The lowest BCUT2D eigenvalue weighted by Crippen LogP contribution is -2.27. The molecule has 0 saturated heterocycles. The van der Waals surface area contributed by atoms with Gasteiger partial charge in [-0.05, 0) is 62.4 Å². The van der Waals surface area contributed by atoms with Crippen molar-refractivity contribution in [2.75, 3.05) is 17.7 Å². The van der Waals surface area contributed by atoms with Crippen LogP contribution in [0.3, 0.4) is 0 Å². The van der Waals surface area contributed by atoms with Crippen LogP contribution >= 0.6 is 11.8 Å². The van der Waals surface area contributed by atoms with Gasteiger partial charge in [-0.3, -0.25) is 19.1 Å². The van der Waals surface area contributed by atoms with Crippen molar-refractivity contribution in [2.45, 2.75) is 24.0 Å². The number of nitrogens with one attached hydrogen (secondary N) is 2. The lowest BCUT2D eigenvalue weighted by atomic mass is 10.2. The highest BCUT2D eigenvalue weighted by Gasteiger charge is 2.21. The number of aromatic nitrogens is 2. The standard InChI is InChI=1S/C28H28N4O4S/c1-18-25(28(35)32(31(18)3)22-12-6-5-7-13-22)30-26(33)19(2)37-24-15-9-11-21(17-24)29-27(34)20-10-8-14-23(16-20)36-4/h5-17,19H,1-4H3,(H,29,34)(H,30,33).